The molecule has 1 aromatic carbocycles. The predicted octanol–water partition coefficient (Wildman–Crippen LogP) is 5.36. The highest BCUT2D eigenvalue weighted by Gasteiger charge is 2.27. The fourth-order valence-electron chi connectivity index (χ4n) is 3.70. The van der Waals surface area contributed by atoms with Crippen molar-refractivity contribution < 1.29 is 0 Å². The first-order valence-electron chi connectivity index (χ1n) is 8.32. The zero-order valence-corrected chi connectivity index (χ0v) is 14.3. The number of hydrogen-bond acceptors (Lipinski definition) is 1. The second-order valence-electron chi connectivity index (χ2n) is 7.91. The third kappa shape index (κ3) is 4.71. The van der Waals surface area contributed by atoms with Crippen molar-refractivity contribution in [3.05, 3.63) is 47.5 Å². The summed E-state index contributed by atoms with van der Waals surface area (Å²) in [6, 6.07) is 11.3. The average molecular weight is 285 g/mol. The molecule has 1 aromatic rings. The maximum atomic E-state index is 3.86. The van der Waals surface area contributed by atoms with Crippen LogP contribution in [0, 0.1) is 17.3 Å². The van der Waals surface area contributed by atoms with Gasteiger partial charge >= 0.3 is 0 Å². The van der Waals surface area contributed by atoms with Crippen molar-refractivity contribution in [1.29, 1.82) is 0 Å². The van der Waals surface area contributed by atoms with Gasteiger partial charge in [0.25, 0.3) is 0 Å². The highest BCUT2D eigenvalue weighted by molar-refractivity contribution is 5.21. The van der Waals surface area contributed by atoms with Gasteiger partial charge in [0.2, 0.25) is 0 Å². The van der Waals surface area contributed by atoms with Gasteiger partial charge in [0.15, 0.2) is 0 Å². The molecule has 116 valence electrons. The molecule has 1 heteroatoms. The standard InChI is InChI=1S/C20H31N/c1-15-11-16(2)13-17(12-15)14-21-19(20(3,4)5)18-9-7-6-8-10-18/h6-11,15,17,19,21H,12-14H2,1-5H3. The first-order valence-corrected chi connectivity index (χ1v) is 8.32. The summed E-state index contributed by atoms with van der Waals surface area (Å²) in [6.07, 6.45) is 5.01. The molecule has 0 saturated carbocycles. The molecule has 0 heterocycles. The molecule has 0 fully saturated rings. The number of benzene rings is 1. The number of rotatable bonds is 4. The lowest BCUT2D eigenvalue weighted by atomic mass is 9.80. The van der Waals surface area contributed by atoms with E-state index in [0.29, 0.717) is 6.04 Å². The Labute approximate surface area is 130 Å². The smallest absolute Gasteiger partial charge is 0.0369 e. The quantitative estimate of drug-likeness (QED) is 0.735. The molecule has 0 aromatic heterocycles. The zero-order valence-electron chi connectivity index (χ0n) is 14.3. The van der Waals surface area contributed by atoms with Gasteiger partial charge in [-0.1, -0.05) is 69.7 Å². The number of hydrogen-bond donors (Lipinski definition) is 1. The van der Waals surface area contributed by atoms with Gasteiger partial charge in [0.1, 0.15) is 0 Å². The van der Waals surface area contributed by atoms with E-state index in [9.17, 15) is 0 Å². The Balaban J connectivity index is 2.02. The van der Waals surface area contributed by atoms with Crippen molar-refractivity contribution in [1.82, 2.24) is 5.32 Å². The van der Waals surface area contributed by atoms with E-state index < -0.39 is 0 Å². The Hall–Kier alpha value is -1.08. The van der Waals surface area contributed by atoms with Crippen LogP contribution in [0.1, 0.15) is 59.1 Å². The number of nitrogens with one attached hydrogen (secondary N) is 1. The van der Waals surface area contributed by atoms with Gasteiger partial charge in [0, 0.05) is 6.04 Å². The fraction of sp³-hybridized carbons (Fsp3) is 0.600. The van der Waals surface area contributed by atoms with Crippen LogP contribution in [0.5, 0.6) is 0 Å². The SMILES string of the molecule is CC1=CC(C)CC(CNC(c2ccccc2)C(C)(C)C)C1. The Morgan fingerprint density at radius 3 is 2.43 bits per heavy atom. The molecule has 0 bridgehead atoms. The van der Waals surface area contributed by atoms with E-state index >= 15 is 0 Å². The summed E-state index contributed by atoms with van der Waals surface area (Å²) in [7, 11) is 0. The normalized spacial score (nSPS) is 24.5. The van der Waals surface area contributed by atoms with E-state index in [-0.39, 0.29) is 5.41 Å². The lowest BCUT2D eigenvalue weighted by Crippen LogP contribution is -2.36. The lowest BCUT2D eigenvalue weighted by Gasteiger charge is -2.35. The second-order valence-corrected chi connectivity index (χ2v) is 7.91. The molecule has 21 heavy (non-hydrogen) atoms. The minimum atomic E-state index is 0.229. The van der Waals surface area contributed by atoms with Crippen LogP contribution in [0.25, 0.3) is 0 Å². The van der Waals surface area contributed by atoms with E-state index in [1.807, 2.05) is 0 Å². The minimum absolute atomic E-state index is 0.229. The van der Waals surface area contributed by atoms with Gasteiger partial charge in [-0.05, 0) is 49.1 Å². The average Bonchev–Trinajstić information content (AvgIpc) is 2.37. The van der Waals surface area contributed by atoms with E-state index in [4.69, 9.17) is 0 Å². The predicted molar refractivity (Wildman–Crippen MR) is 92.3 cm³/mol. The third-order valence-electron chi connectivity index (χ3n) is 4.49. The molecule has 1 nitrogen and oxygen atoms in total. The van der Waals surface area contributed by atoms with Gasteiger partial charge in [-0.25, -0.2) is 0 Å². The Kier molecular flexibility index (Phi) is 5.27. The summed E-state index contributed by atoms with van der Waals surface area (Å²) in [6.45, 7) is 12.7. The van der Waals surface area contributed by atoms with Crippen LogP contribution in [0.2, 0.25) is 0 Å². The summed E-state index contributed by atoms with van der Waals surface area (Å²) in [5.41, 5.74) is 3.20. The molecule has 3 atom stereocenters. The molecule has 0 aliphatic heterocycles. The topological polar surface area (TPSA) is 12.0 Å². The Bertz CT molecular complexity index is 466. The first kappa shape index (κ1) is 16.3. The van der Waals surface area contributed by atoms with Crippen LogP contribution < -0.4 is 5.32 Å². The van der Waals surface area contributed by atoms with Crippen LogP contribution >= 0.6 is 0 Å². The summed E-state index contributed by atoms with van der Waals surface area (Å²) in [5, 5.41) is 3.86. The maximum Gasteiger partial charge on any atom is 0.0369 e. The number of allylic oxidation sites excluding steroid dienone is 2. The highest BCUT2D eigenvalue weighted by atomic mass is 14.9. The molecule has 1 aliphatic carbocycles. The van der Waals surface area contributed by atoms with Gasteiger partial charge in [-0.2, -0.15) is 0 Å². The summed E-state index contributed by atoms with van der Waals surface area (Å²) in [4.78, 5) is 0. The zero-order chi connectivity index (χ0) is 15.5. The molecule has 0 radical (unpaired) electrons. The molecule has 0 amide bonds. The molecular formula is C20H31N. The second kappa shape index (κ2) is 6.79. The van der Waals surface area contributed by atoms with Crippen LogP contribution in [0.3, 0.4) is 0 Å². The third-order valence-corrected chi connectivity index (χ3v) is 4.49. The highest BCUT2D eigenvalue weighted by Crippen LogP contribution is 2.34. The Morgan fingerprint density at radius 1 is 1.19 bits per heavy atom. The van der Waals surface area contributed by atoms with E-state index in [1.165, 1.54) is 18.4 Å². The molecule has 0 spiro atoms. The van der Waals surface area contributed by atoms with Crippen molar-refractivity contribution in [2.75, 3.05) is 6.54 Å². The maximum absolute atomic E-state index is 3.86. The van der Waals surface area contributed by atoms with Crippen LogP contribution in [-0.4, -0.2) is 6.54 Å². The molecule has 0 saturated heterocycles. The summed E-state index contributed by atoms with van der Waals surface area (Å²) >= 11 is 0. The summed E-state index contributed by atoms with van der Waals surface area (Å²) < 4.78 is 0. The van der Waals surface area contributed by atoms with Crippen LogP contribution in [0.4, 0.5) is 0 Å². The molecule has 1 aliphatic rings. The van der Waals surface area contributed by atoms with Gasteiger partial charge < -0.3 is 5.32 Å². The van der Waals surface area contributed by atoms with E-state index in [0.717, 1.165) is 18.4 Å². The van der Waals surface area contributed by atoms with Crippen molar-refractivity contribution in [3.8, 4) is 0 Å². The monoisotopic (exact) mass is 285 g/mol. The largest absolute Gasteiger partial charge is 0.309 e. The van der Waals surface area contributed by atoms with E-state index in [2.05, 4.69) is 76.3 Å². The molecular weight excluding hydrogens is 254 g/mol. The van der Waals surface area contributed by atoms with Crippen molar-refractivity contribution >= 4 is 0 Å². The molecule has 2 rings (SSSR count). The summed E-state index contributed by atoms with van der Waals surface area (Å²) in [5.74, 6) is 1.51. The molecule has 1 N–H and O–H groups in total. The van der Waals surface area contributed by atoms with Crippen LogP contribution in [-0.2, 0) is 0 Å². The van der Waals surface area contributed by atoms with Crippen molar-refractivity contribution in [3.63, 3.8) is 0 Å². The van der Waals surface area contributed by atoms with Gasteiger partial charge in [0.05, 0.1) is 0 Å². The van der Waals surface area contributed by atoms with Crippen molar-refractivity contribution in [2.24, 2.45) is 17.3 Å². The molecule has 3 unspecified atom stereocenters. The minimum Gasteiger partial charge on any atom is -0.309 e. The van der Waals surface area contributed by atoms with Gasteiger partial charge in [-0.15, -0.1) is 0 Å². The Morgan fingerprint density at radius 2 is 1.86 bits per heavy atom. The van der Waals surface area contributed by atoms with Crippen LogP contribution in [0.15, 0.2) is 42.0 Å². The first-order chi connectivity index (χ1) is 9.86. The lowest BCUT2D eigenvalue weighted by molar-refractivity contribution is 0.250. The fourth-order valence-corrected chi connectivity index (χ4v) is 3.70. The van der Waals surface area contributed by atoms with Gasteiger partial charge in [-0.3, -0.25) is 0 Å². The van der Waals surface area contributed by atoms with E-state index in [1.54, 1.807) is 5.57 Å². The van der Waals surface area contributed by atoms with Crippen molar-refractivity contribution in [2.45, 2.75) is 53.5 Å².